The molecule has 1 fully saturated rings. The van der Waals surface area contributed by atoms with Gasteiger partial charge in [-0.25, -0.2) is 0 Å². The second-order valence-corrected chi connectivity index (χ2v) is 6.19. The van der Waals surface area contributed by atoms with E-state index in [-0.39, 0.29) is 0 Å². The Morgan fingerprint density at radius 3 is 2.00 bits per heavy atom. The Bertz CT molecular complexity index is 198. The molecule has 1 aliphatic rings. The second-order valence-electron chi connectivity index (χ2n) is 6.19. The number of rotatable bonds is 6. The molecule has 0 aliphatic heterocycles. The lowest BCUT2D eigenvalue weighted by molar-refractivity contribution is 0.147. The quantitative estimate of drug-likeness (QED) is 0.789. The van der Waals surface area contributed by atoms with E-state index in [2.05, 4.69) is 30.9 Å². The molecule has 1 atom stereocenters. The lowest BCUT2D eigenvalue weighted by atomic mass is 9.85. The van der Waals surface area contributed by atoms with E-state index < -0.39 is 0 Å². The molecule has 108 valence electrons. The molecule has 0 radical (unpaired) electrons. The molecule has 0 aromatic heterocycles. The van der Waals surface area contributed by atoms with Crippen molar-refractivity contribution in [2.75, 3.05) is 40.8 Å². The zero-order chi connectivity index (χ0) is 13.4. The van der Waals surface area contributed by atoms with E-state index in [0.717, 1.165) is 25.6 Å². The first kappa shape index (κ1) is 15.9. The minimum Gasteiger partial charge on any atom is -0.329 e. The standard InChI is InChI=1S/C15H33N3/c1-17(2)11-12-18(3)15(13-16)14-9-7-5-4-6-8-10-14/h14-15H,4-13,16H2,1-3H3. The summed E-state index contributed by atoms with van der Waals surface area (Å²) < 4.78 is 0. The van der Waals surface area contributed by atoms with Crippen LogP contribution >= 0.6 is 0 Å². The third-order valence-electron chi connectivity index (χ3n) is 4.40. The zero-order valence-corrected chi connectivity index (χ0v) is 12.7. The van der Waals surface area contributed by atoms with E-state index in [1.165, 1.54) is 44.9 Å². The SMILES string of the molecule is CN(C)CCN(C)C(CN)C1CCCCCCC1. The Morgan fingerprint density at radius 2 is 1.50 bits per heavy atom. The van der Waals surface area contributed by atoms with Crippen molar-refractivity contribution < 1.29 is 0 Å². The fraction of sp³-hybridized carbons (Fsp3) is 1.00. The van der Waals surface area contributed by atoms with Crippen LogP contribution in [0.4, 0.5) is 0 Å². The van der Waals surface area contributed by atoms with Gasteiger partial charge in [-0.2, -0.15) is 0 Å². The van der Waals surface area contributed by atoms with Gasteiger partial charge in [0.2, 0.25) is 0 Å². The Morgan fingerprint density at radius 1 is 0.944 bits per heavy atom. The second kappa shape index (κ2) is 8.89. The lowest BCUT2D eigenvalue weighted by Gasteiger charge is -2.35. The Labute approximate surface area is 114 Å². The first-order valence-electron chi connectivity index (χ1n) is 7.70. The molecule has 1 aliphatic carbocycles. The van der Waals surface area contributed by atoms with Gasteiger partial charge in [-0.1, -0.05) is 32.1 Å². The first-order chi connectivity index (χ1) is 8.65. The third kappa shape index (κ3) is 5.68. The molecular formula is C15H33N3. The van der Waals surface area contributed by atoms with E-state index in [4.69, 9.17) is 5.73 Å². The normalized spacial score (nSPS) is 21.0. The number of nitrogens with two attached hydrogens (primary N) is 1. The third-order valence-corrected chi connectivity index (χ3v) is 4.40. The van der Waals surface area contributed by atoms with Gasteiger partial charge in [0, 0.05) is 25.7 Å². The van der Waals surface area contributed by atoms with Crippen molar-refractivity contribution >= 4 is 0 Å². The van der Waals surface area contributed by atoms with Crippen molar-refractivity contribution in [3.8, 4) is 0 Å². The van der Waals surface area contributed by atoms with E-state index in [0.29, 0.717) is 6.04 Å². The van der Waals surface area contributed by atoms with Crippen molar-refractivity contribution in [2.24, 2.45) is 11.7 Å². The minimum atomic E-state index is 0.586. The van der Waals surface area contributed by atoms with Crippen LogP contribution in [0.3, 0.4) is 0 Å². The van der Waals surface area contributed by atoms with Crippen LogP contribution in [0.15, 0.2) is 0 Å². The summed E-state index contributed by atoms with van der Waals surface area (Å²) in [6.07, 6.45) is 9.87. The van der Waals surface area contributed by atoms with Crippen LogP contribution in [0.2, 0.25) is 0 Å². The molecule has 0 bridgehead atoms. The van der Waals surface area contributed by atoms with Crippen LogP contribution in [-0.2, 0) is 0 Å². The molecule has 1 rings (SSSR count). The molecule has 2 N–H and O–H groups in total. The van der Waals surface area contributed by atoms with Crippen molar-refractivity contribution in [1.82, 2.24) is 9.80 Å². The predicted octanol–water partition coefficient (Wildman–Crippen LogP) is 2.17. The average molecular weight is 255 g/mol. The molecular weight excluding hydrogens is 222 g/mol. The summed E-state index contributed by atoms with van der Waals surface area (Å²) in [6.45, 7) is 3.07. The molecule has 0 amide bonds. The minimum absolute atomic E-state index is 0.586. The summed E-state index contributed by atoms with van der Waals surface area (Å²) in [5.74, 6) is 0.822. The number of hydrogen-bond acceptors (Lipinski definition) is 3. The highest BCUT2D eigenvalue weighted by Gasteiger charge is 2.24. The molecule has 0 aromatic carbocycles. The van der Waals surface area contributed by atoms with Gasteiger partial charge < -0.3 is 15.5 Å². The number of likely N-dealkylation sites (N-methyl/N-ethyl adjacent to an activating group) is 2. The van der Waals surface area contributed by atoms with E-state index in [9.17, 15) is 0 Å². The van der Waals surface area contributed by atoms with Crippen molar-refractivity contribution in [1.29, 1.82) is 0 Å². The van der Waals surface area contributed by atoms with Gasteiger partial charge in [-0.15, -0.1) is 0 Å². The summed E-state index contributed by atoms with van der Waals surface area (Å²) in [5, 5.41) is 0. The van der Waals surface area contributed by atoms with Gasteiger partial charge in [0.05, 0.1) is 0 Å². The highest BCUT2D eigenvalue weighted by atomic mass is 15.2. The molecule has 3 nitrogen and oxygen atoms in total. The van der Waals surface area contributed by atoms with E-state index in [1.807, 2.05) is 0 Å². The van der Waals surface area contributed by atoms with Gasteiger partial charge in [-0.05, 0) is 39.9 Å². The van der Waals surface area contributed by atoms with E-state index in [1.54, 1.807) is 0 Å². The van der Waals surface area contributed by atoms with E-state index >= 15 is 0 Å². The molecule has 0 spiro atoms. The maximum atomic E-state index is 6.05. The topological polar surface area (TPSA) is 32.5 Å². The summed E-state index contributed by atoms with van der Waals surface area (Å²) in [4.78, 5) is 4.74. The Balaban J connectivity index is 2.45. The molecule has 3 heteroatoms. The fourth-order valence-corrected chi connectivity index (χ4v) is 3.13. The van der Waals surface area contributed by atoms with Crippen LogP contribution < -0.4 is 5.73 Å². The lowest BCUT2D eigenvalue weighted by Crippen LogP contribution is -2.46. The van der Waals surface area contributed by atoms with Crippen LogP contribution in [0.25, 0.3) is 0 Å². The van der Waals surface area contributed by atoms with Crippen molar-refractivity contribution in [3.63, 3.8) is 0 Å². The van der Waals surface area contributed by atoms with Gasteiger partial charge >= 0.3 is 0 Å². The van der Waals surface area contributed by atoms with Crippen LogP contribution in [0, 0.1) is 5.92 Å². The van der Waals surface area contributed by atoms with Crippen molar-refractivity contribution in [2.45, 2.75) is 51.0 Å². The molecule has 0 aromatic rings. The van der Waals surface area contributed by atoms with Crippen LogP contribution in [-0.4, -0.2) is 56.6 Å². The fourth-order valence-electron chi connectivity index (χ4n) is 3.13. The summed E-state index contributed by atoms with van der Waals surface area (Å²) in [7, 11) is 6.53. The maximum absolute atomic E-state index is 6.05. The molecule has 0 saturated heterocycles. The Hall–Kier alpha value is -0.120. The number of hydrogen-bond donors (Lipinski definition) is 1. The first-order valence-corrected chi connectivity index (χ1v) is 7.70. The summed E-state index contributed by atoms with van der Waals surface area (Å²) in [5.41, 5.74) is 6.05. The van der Waals surface area contributed by atoms with Gasteiger partial charge in [0.1, 0.15) is 0 Å². The molecule has 18 heavy (non-hydrogen) atoms. The maximum Gasteiger partial charge on any atom is 0.0244 e. The highest BCUT2D eigenvalue weighted by Crippen LogP contribution is 2.26. The van der Waals surface area contributed by atoms with Gasteiger partial charge in [0.25, 0.3) is 0 Å². The van der Waals surface area contributed by atoms with Gasteiger partial charge in [-0.3, -0.25) is 0 Å². The largest absolute Gasteiger partial charge is 0.329 e. The Kier molecular flexibility index (Phi) is 7.87. The monoisotopic (exact) mass is 255 g/mol. The molecule has 0 heterocycles. The summed E-state index contributed by atoms with van der Waals surface area (Å²) in [6, 6.07) is 0.586. The highest BCUT2D eigenvalue weighted by molar-refractivity contribution is 4.80. The molecule has 1 unspecified atom stereocenters. The zero-order valence-electron chi connectivity index (χ0n) is 12.7. The molecule has 1 saturated carbocycles. The van der Waals surface area contributed by atoms with Crippen molar-refractivity contribution in [3.05, 3.63) is 0 Å². The van der Waals surface area contributed by atoms with Crippen LogP contribution in [0.5, 0.6) is 0 Å². The van der Waals surface area contributed by atoms with Crippen LogP contribution in [0.1, 0.15) is 44.9 Å². The summed E-state index contributed by atoms with van der Waals surface area (Å²) >= 11 is 0. The van der Waals surface area contributed by atoms with Gasteiger partial charge in [0.15, 0.2) is 0 Å². The number of nitrogens with zero attached hydrogens (tertiary/aromatic N) is 2. The predicted molar refractivity (Wildman–Crippen MR) is 79.8 cm³/mol. The average Bonchev–Trinajstić information content (AvgIpc) is 2.29. The smallest absolute Gasteiger partial charge is 0.0244 e.